The molecule has 8 rings (SSSR count). The van der Waals surface area contributed by atoms with Gasteiger partial charge in [-0.2, -0.15) is 0 Å². The van der Waals surface area contributed by atoms with E-state index in [1.165, 1.54) is 0 Å². The Morgan fingerprint density at radius 1 is 0.945 bits per heavy atom. The molecule has 1 aromatic heterocycles. The van der Waals surface area contributed by atoms with Gasteiger partial charge in [0.15, 0.2) is 5.78 Å². The van der Waals surface area contributed by atoms with Gasteiger partial charge < -0.3 is 14.4 Å². The molecule has 1 aromatic carbocycles. The molecule has 55 heavy (non-hydrogen) atoms. The summed E-state index contributed by atoms with van der Waals surface area (Å²) in [4.78, 5) is 63.5. The number of sulfonamides is 1. The van der Waals surface area contributed by atoms with E-state index in [0.29, 0.717) is 30.9 Å². The summed E-state index contributed by atoms with van der Waals surface area (Å²) in [5, 5.41) is 0.352. The number of amides is 2. The van der Waals surface area contributed by atoms with E-state index in [0.717, 1.165) is 93.6 Å². The third-order valence-corrected chi connectivity index (χ3v) is 15.4. The molecule has 11 nitrogen and oxygen atoms in total. The number of pyridine rings is 1. The normalized spacial score (nSPS) is 32.1. The summed E-state index contributed by atoms with van der Waals surface area (Å²) >= 11 is 0. The van der Waals surface area contributed by atoms with Crippen molar-refractivity contribution in [1.29, 1.82) is 0 Å². The van der Waals surface area contributed by atoms with Crippen molar-refractivity contribution >= 4 is 44.5 Å². The summed E-state index contributed by atoms with van der Waals surface area (Å²) in [5.41, 5.74) is 0.484. The second-order valence-electron chi connectivity index (χ2n) is 17.3. The third kappa shape index (κ3) is 8.07. The van der Waals surface area contributed by atoms with Gasteiger partial charge in [0.05, 0.1) is 46.8 Å². The van der Waals surface area contributed by atoms with Gasteiger partial charge in [0.25, 0.3) is 0 Å². The molecule has 2 bridgehead atoms. The minimum Gasteiger partial charge on any atom is -0.487 e. The number of esters is 1. The summed E-state index contributed by atoms with van der Waals surface area (Å²) < 4.78 is 40.8. The van der Waals surface area contributed by atoms with Crippen LogP contribution in [0.3, 0.4) is 0 Å². The van der Waals surface area contributed by atoms with Crippen LogP contribution in [0.25, 0.3) is 10.9 Å². The predicted octanol–water partition coefficient (Wildman–Crippen LogP) is 6.37. The zero-order chi connectivity index (χ0) is 38.3. The summed E-state index contributed by atoms with van der Waals surface area (Å²) in [6.07, 6.45) is 13.4. The molecule has 1 unspecified atom stereocenters. The maximum Gasteiger partial charge on any atom is 0.306 e. The summed E-state index contributed by atoms with van der Waals surface area (Å²) in [5.74, 6) is -1.63. The van der Waals surface area contributed by atoms with Gasteiger partial charge in [-0.25, -0.2) is 13.4 Å². The van der Waals surface area contributed by atoms with Crippen molar-refractivity contribution in [3.05, 3.63) is 48.7 Å². The van der Waals surface area contributed by atoms with Crippen LogP contribution in [0.1, 0.15) is 115 Å². The van der Waals surface area contributed by atoms with Crippen LogP contribution in [0.5, 0.6) is 5.75 Å². The van der Waals surface area contributed by atoms with Crippen LogP contribution in [0.4, 0.5) is 0 Å². The number of ketones is 1. The fraction of sp³-hybridized carbons (Fsp3) is 0.651. The number of Topliss-reactive ketones (excluding diaryl/α,β-unsaturated/α-hetero) is 1. The van der Waals surface area contributed by atoms with E-state index in [-0.39, 0.29) is 61.4 Å². The SMILES string of the molecule is C=C[C@H]1C[C@]1(CC(=O)[C@@H]1C[C@@H]2CN1C(=O)[C@H](C1CCCC1)CC(=O)OC1CCC[C@H]1CCCCCc1nc3ccccc3cc1O2)C(=O)NS(=O)(=O)C1CC1. The van der Waals surface area contributed by atoms with Crippen LogP contribution < -0.4 is 9.46 Å². The fourth-order valence-electron chi connectivity index (χ4n) is 10.1. The van der Waals surface area contributed by atoms with E-state index < -0.39 is 44.7 Å². The number of ether oxygens (including phenoxy) is 2. The number of aromatic nitrogens is 1. The van der Waals surface area contributed by atoms with Crippen LogP contribution in [-0.4, -0.2) is 71.9 Å². The Labute approximate surface area is 324 Å². The Kier molecular flexibility index (Phi) is 10.8. The second-order valence-corrected chi connectivity index (χ2v) is 19.3. The van der Waals surface area contributed by atoms with Crippen molar-refractivity contribution in [3.63, 3.8) is 0 Å². The molecule has 0 spiro atoms. The molecule has 7 atom stereocenters. The minimum atomic E-state index is -3.83. The Balaban J connectivity index is 1.12. The van der Waals surface area contributed by atoms with Crippen molar-refractivity contribution in [1.82, 2.24) is 14.6 Å². The fourth-order valence-corrected chi connectivity index (χ4v) is 11.5. The first-order valence-corrected chi connectivity index (χ1v) is 22.4. The van der Waals surface area contributed by atoms with Gasteiger partial charge in [-0.1, -0.05) is 50.0 Å². The lowest BCUT2D eigenvalue weighted by molar-refractivity contribution is -0.156. The maximum atomic E-state index is 14.9. The minimum absolute atomic E-state index is 0.00430. The maximum absolute atomic E-state index is 14.9. The molecule has 6 aliphatic rings. The molecule has 4 aliphatic carbocycles. The average Bonchev–Trinajstić information content (AvgIpc) is 3.95. The predicted molar refractivity (Wildman–Crippen MR) is 206 cm³/mol. The zero-order valence-corrected chi connectivity index (χ0v) is 32.6. The van der Waals surface area contributed by atoms with Gasteiger partial charge in [-0.3, -0.25) is 23.9 Å². The van der Waals surface area contributed by atoms with E-state index in [4.69, 9.17) is 14.5 Å². The number of para-hydroxylation sites is 1. The first kappa shape index (κ1) is 38.1. The van der Waals surface area contributed by atoms with E-state index in [1.807, 2.05) is 30.3 Å². The zero-order valence-electron chi connectivity index (χ0n) is 31.8. The van der Waals surface area contributed by atoms with Crippen LogP contribution in [0.2, 0.25) is 0 Å². The molecule has 5 fully saturated rings. The van der Waals surface area contributed by atoms with E-state index in [2.05, 4.69) is 11.3 Å². The van der Waals surface area contributed by atoms with Crippen LogP contribution in [0.15, 0.2) is 43.0 Å². The van der Waals surface area contributed by atoms with Gasteiger partial charge >= 0.3 is 5.97 Å². The molecular weight excluding hydrogens is 719 g/mol. The van der Waals surface area contributed by atoms with Gasteiger partial charge in [0, 0.05) is 18.2 Å². The first-order chi connectivity index (χ1) is 26.5. The number of hydrogen-bond donors (Lipinski definition) is 1. The van der Waals surface area contributed by atoms with E-state index >= 15 is 0 Å². The highest BCUT2D eigenvalue weighted by Crippen LogP contribution is 2.57. The molecule has 2 aromatic rings. The highest BCUT2D eigenvalue weighted by molar-refractivity contribution is 7.90. The van der Waals surface area contributed by atoms with Crippen LogP contribution in [0, 0.1) is 29.1 Å². The molecule has 0 radical (unpaired) electrons. The standard InChI is InChI=1S/C43H55N3O8S/c1-2-30-24-43(30,42(50)45-55(51,52)32-19-20-32)25-37(47)36-22-31-26-46(36)41(49)33(27-11-6-7-12-27)23-40(48)54-38-18-10-15-28(38)13-4-3-5-17-35-39(53-31)21-29-14-8-9-16-34(29)44-35/h2,8-9,14,16,21,27-28,30-33,36,38H,1,3-7,10-13,15,17-20,22-26H2,(H,45,50)/t28-,30+,31-,33+,36+,38?,43-/m1/s1. The molecule has 2 amide bonds. The third-order valence-electron chi connectivity index (χ3n) is 13.6. The molecule has 2 aliphatic heterocycles. The lowest BCUT2D eigenvalue weighted by Gasteiger charge is -2.31. The molecular formula is C43H55N3O8S. The number of fused-ring (bicyclic) bond motifs is 5. The highest BCUT2D eigenvalue weighted by Gasteiger charge is 2.61. The lowest BCUT2D eigenvalue weighted by Crippen LogP contribution is -2.47. The smallest absolute Gasteiger partial charge is 0.306 e. The number of allylic oxidation sites excluding steroid dienone is 1. The van der Waals surface area contributed by atoms with E-state index in [1.54, 1.807) is 11.0 Å². The van der Waals surface area contributed by atoms with E-state index in [9.17, 15) is 27.6 Å². The molecule has 12 heteroatoms. The summed E-state index contributed by atoms with van der Waals surface area (Å²) in [7, 11) is -3.83. The number of carbonyl (C=O) groups is 4. The highest BCUT2D eigenvalue weighted by atomic mass is 32.2. The number of benzene rings is 1. The van der Waals surface area contributed by atoms with Gasteiger partial charge in [0.1, 0.15) is 18.0 Å². The van der Waals surface area contributed by atoms with Gasteiger partial charge in [0.2, 0.25) is 21.8 Å². The molecule has 3 heterocycles. The lowest BCUT2D eigenvalue weighted by atomic mass is 9.86. The van der Waals surface area contributed by atoms with Crippen molar-refractivity contribution < 1.29 is 37.1 Å². The number of rotatable bonds is 8. The topological polar surface area (TPSA) is 149 Å². The van der Waals surface area contributed by atoms with Crippen LogP contribution >= 0.6 is 0 Å². The van der Waals surface area contributed by atoms with Crippen molar-refractivity contribution in [2.45, 2.75) is 139 Å². The van der Waals surface area contributed by atoms with Crippen molar-refractivity contribution in [3.8, 4) is 5.75 Å². The summed E-state index contributed by atoms with van der Waals surface area (Å²) in [6.45, 7) is 4.01. The molecule has 4 saturated carbocycles. The number of aryl methyl sites for hydroxylation is 1. The van der Waals surface area contributed by atoms with Crippen molar-refractivity contribution in [2.24, 2.45) is 29.1 Å². The van der Waals surface area contributed by atoms with Crippen LogP contribution in [-0.2, 0) is 40.4 Å². The quantitative estimate of drug-likeness (QED) is 0.239. The molecule has 296 valence electrons. The number of hydrogen-bond acceptors (Lipinski definition) is 9. The first-order valence-electron chi connectivity index (χ1n) is 20.8. The van der Waals surface area contributed by atoms with Gasteiger partial charge in [-0.05, 0) is 101 Å². The Morgan fingerprint density at radius 3 is 2.45 bits per heavy atom. The Hall–Kier alpha value is -3.80. The number of nitrogens with zero attached hydrogens (tertiary/aromatic N) is 2. The number of carbonyl (C=O) groups excluding carboxylic acids is 4. The number of nitrogens with one attached hydrogen (secondary N) is 1. The Morgan fingerprint density at radius 2 is 1.69 bits per heavy atom. The average molecular weight is 774 g/mol. The monoisotopic (exact) mass is 773 g/mol. The molecule has 1 saturated heterocycles. The summed E-state index contributed by atoms with van der Waals surface area (Å²) in [6, 6.07) is 9.02. The van der Waals surface area contributed by atoms with Crippen molar-refractivity contribution in [2.75, 3.05) is 6.54 Å². The second kappa shape index (κ2) is 15.6. The molecule has 1 N–H and O–H groups in total. The Bertz CT molecular complexity index is 1940. The largest absolute Gasteiger partial charge is 0.487 e. The van der Waals surface area contributed by atoms with Gasteiger partial charge in [-0.15, -0.1) is 6.58 Å².